The highest BCUT2D eigenvalue weighted by Gasteiger charge is 2.36. The third-order valence-electron chi connectivity index (χ3n) is 5.34. The standard InChI is InChI=1S/C20H25F3N4O4/c1-2-3-5-13(11-26(30)12-28)19(29)27-9-4-6-17(27)18-24-15-8-7-14(10-16(15)25-18)31-20(21,22)23/h7-8,10,12-13,17,30H,2-6,9,11H2,1H3,(H,24,25)/t13-,17-/m0/s1. The van der Waals surface area contributed by atoms with Crippen LogP contribution in [0.4, 0.5) is 13.2 Å². The molecule has 1 aliphatic heterocycles. The summed E-state index contributed by atoms with van der Waals surface area (Å²) in [5, 5.41) is 10.1. The number of halogens is 3. The topological polar surface area (TPSA) is 98.8 Å². The number of carbonyl (C=O) groups is 2. The number of carbonyl (C=O) groups excluding carboxylic acids is 2. The number of aromatic amines is 1. The number of rotatable bonds is 9. The molecule has 3 rings (SSSR count). The highest BCUT2D eigenvalue weighted by atomic mass is 19.4. The van der Waals surface area contributed by atoms with E-state index in [1.807, 2.05) is 6.92 Å². The number of amides is 2. The molecule has 1 aliphatic rings. The van der Waals surface area contributed by atoms with Gasteiger partial charge in [0.15, 0.2) is 0 Å². The SMILES string of the molecule is CCCC[C@@H](CN(O)C=O)C(=O)N1CCC[C@H]1c1nc2cc(OC(F)(F)F)ccc2[nH]1. The van der Waals surface area contributed by atoms with Crippen molar-refractivity contribution in [2.24, 2.45) is 5.92 Å². The van der Waals surface area contributed by atoms with Gasteiger partial charge in [-0.25, -0.2) is 10.0 Å². The zero-order valence-electron chi connectivity index (χ0n) is 17.1. The molecule has 1 fully saturated rings. The molecular weight excluding hydrogens is 417 g/mol. The van der Waals surface area contributed by atoms with Crippen LogP contribution in [0.15, 0.2) is 18.2 Å². The van der Waals surface area contributed by atoms with E-state index in [-0.39, 0.29) is 30.7 Å². The Kier molecular flexibility index (Phi) is 7.04. The number of nitrogens with one attached hydrogen (secondary N) is 1. The molecule has 2 amide bonds. The smallest absolute Gasteiger partial charge is 0.406 e. The molecule has 8 nitrogen and oxygen atoms in total. The first-order valence-electron chi connectivity index (χ1n) is 10.2. The van der Waals surface area contributed by atoms with Crippen LogP contribution in [-0.2, 0) is 9.59 Å². The molecule has 2 aromatic rings. The molecule has 2 heterocycles. The predicted octanol–water partition coefficient (Wildman–Crippen LogP) is 3.78. The van der Waals surface area contributed by atoms with Gasteiger partial charge in [-0.15, -0.1) is 13.2 Å². The molecule has 0 saturated carbocycles. The number of nitrogens with zero attached hydrogens (tertiary/aromatic N) is 3. The second-order valence-electron chi connectivity index (χ2n) is 7.61. The lowest BCUT2D eigenvalue weighted by molar-refractivity contribution is -0.274. The lowest BCUT2D eigenvalue weighted by atomic mass is 9.99. The number of hydrogen-bond acceptors (Lipinski definition) is 5. The zero-order chi connectivity index (χ0) is 22.6. The minimum absolute atomic E-state index is 0.0934. The first kappa shape index (κ1) is 22.9. The van der Waals surface area contributed by atoms with E-state index in [9.17, 15) is 28.0 Å². The Labute approximate surface area is 176 Å². The van der Waals surface area contributed by atoms with E-state index in [0.29, 0.717) is 41.3 Å². The summed E-state index contributed by atoms with van der Waals surface area (Å²) in [6, 6.07) is 3.48. The zero-order valence-corrected chi connectivity index (χ0v) is 17.1. The maximum Gasteiger partial charge on any atom is 0.573 e. The van der Waals surface area contributed by atoms with Crippen molar-refractivity contribution in [3.63, 3.8) is 0 Å². The van der Waals surface area contributed by atoms with Gasteiger partial charge in [-0.2, -0.15) is 0 Å². The maximum absolute atomic E-state index is 13.2. The Morgan fingerprint density at radius 1 is 1.48 bits per heavy atom. The van der Waals surface area contributed by atoms with Crippen molar-refractivity contribution in [1.29, 1.82) is 0 Å². The second kappa shape index (κ2) is 9.54. The van der Waals surface area contributed by atoms with Crippen molar-refractivity contribution in [3.8, 4) is 5.75 Å². The Morgan fingerprint density at radius 3 is 2.94 bits per heavy atom. The first-order valence-corrected chi connectivity index (χ1v) is 10.2. The lowest BCUT2D eigenvalue weighted by Crippen LogP contribution is -2.40. The molecule has 11 heteroatoms. The average molecular weight is 442 g/mol. The Balaban J connectivity index is 1.81. The number of hydroxylamine groups is 2. The van der Waals surface area contributed by atoms with Crippen molar-refractivity contribution < 1.29 is 32.7 Å². The van der Waals surface area contributed by atoms with Crippen LogP contribution in [0.25, 0.3) is 11.0 Å². The molecule has 2 atom stereocenters. The first-order chi connectivity index (χ1) is 14.7. The van der Waals surface area contributed by atoms with Crippen molar-refractivity contribution in [2.45, 2.75) is 51.4 Å². The molecule has 0 spiro atoms. The van der Waals surface area contributed by atoms with Crippen LogP contribution in [-0.4, -0.2) is 56.9 Å². The number of ether oxygens (including phenoxy) is 1. The average Bonchev–Trinajstić information content (AvgIpc) is 3.35. The summed E-state index contributed by atoms with van der Waals surface area (Å²) < 4.78 is 41.4. The molecule has 1 aromatic carbocycles. The van der Waals surface area contributed by atoms with Crippen LogP contribution in [0.5, 0.6) is 5.75 Å². The van der Waals surface area contributed by atoms with Crippen LogP contribution in [0, 0.1) is 5.92 Å². The van der Waals surface area contributed by atoms with Gasteiger partial charge in [-0.05, 0) is 31.4 Å². The van der Waals surface area contributed by atoms with Crippen molar-refractivity contribution in [3.05, 3.63) is 24.0 Å². The van der Waals surface area contributed by atoms with Crippen LogP contribution in [0.3, 0.4) is 0 Å². The number of likely N-dealkylation sites (tertiary alicyclic amines) is 1. The third-order valence-corrected chi connectivity index (χ3v) is 5.34. The summed E-state index contributed by atoms with van der Waals surface area (Å²) in [7, 11) is 0. The monoisotopic (exact) mass is 442 g/mol. The van der Waals surface area contributed by atoms with Gasteiger partial charge in [0, 0.05) is 12.6 Å². The van der Waals surface area contributed by atoms with Gasteiger partial charge in [0.05, 0.1) is 29.5 Å². The van der Waals surface area contributed by atoms with E-state index in [1.54, 1.807) is 4.90 Å². The Morgan fingerprint density at radius 2 is 2.26 bits per heavy atom. The molecular formula is C20H25F3N4O4. The van der Waals surface area contributed by atoms with E-state index < -0.39 is 12.3 Å². The highest BCUT2D eigenvalue weighted by molar-refractivity contribution is 5.81. The molecule has 1 aromatic heterocycles. The van der Waals surface area contributed by atoms with Crippen LogP contribution in [0.2, 0.25) is 0 Å². The minimum atomic E-state index is -4.79. The summed E-state index contributed by atoms with van der Waals surface area (Å²) in [5.41, 5.74) is 0.843. The number of aromatic nitrogens is 2. The van der Waals surface area contributed by atoms with Gasteiger partial charge in [-0.3, -0.25) is 14.8 Å². The summed E-state index contributed by atoms with van der Waals surface area (Å²) in [5.74, 6) is -0.616. The summed E-state index contributed by atoms with van der Waals surface area (Å²) in [6.07, 6.45) is -0.965. The van der Waals surface area contributed by atoms with Crippen molar-refractivity contribution >= 4 is 23.4 Å². The fourth-order valence-electron chi connectivity index (χ4n) is 3.92. The van der Waals surface area contributed by atoms with Crippen LogP contribution >= 0.6 is 0 Å². The van der Waals surface area contributed by atoms with E-state index in [2.05, 4.69) is 14.7 Å². The third kappa shape index (κ3) is 5.66. The fraction of sp³-hybridized carbons (Fsp3) is 0.550. The van der Waals surface area contributed by atoms with E-state index in [1.165, 1.54) is 18.2 Å². The number of fused-ring (bicyclic) bond motifs is 1. The molecule has 2 N–H and O–H groups in total. The summed E-state index contributed by atoms with van der Waals surface area (Å²) in [4.78, 5) is 33.2. The van der Waals surface area contributed by atoms with Crippen LogP contribution < -0.4 is 4.74 Å². The fourth-order valence-corrected chi connectivity index (χ4v) is 3.92. The lowest BCUT2D eigenvalue weighted by Gasteiger charge is -2.29. The molecule has 1 saturated heterocycles. The largest absolute Gasteiger partial charge is 0.573 e. The number of benzene rings is 1. The quantitative estimate of drug-likeness (QED) is 0.350. The molecule has 0 radical (unpaired) electrons. The summed E-state index contributed by atoms with van der Waals surface area (Å²) in [6.45, 7) is 2.39. The predicted molar refractivity (Wildman–Crippen MR) is 104 cm³/mol. The van der Waals surface area contributed by atoms with E-state index >= 15 is 0 Å². The van der Waals surface area contributed by atoms with Gasteiger partial charge >= 0.3 is 6.36 Å². The molecule has 0 bridgehead atoms. The highest BCUT2D eigenvalue weighted by Crippen LogP contribution is 2.34. The van der Waals surface area contributed by atoms with E-state index in [0.717, 1.165) is 19.3 Å². The Bertz CT molecular complexity index is 917. The van der Waals surface area contributed by atoms with Gasteiger partial charge < -0.3 is 14.6 Å². The molecule has 0 unspecified atom stereocenters. The summed E-state index contributed by atoms with van der Waals surface area (Å²) >= 11 is 0. The number of unbranched alkanes of at least 4 members (excludes halogenated alkanes) is 1. The second-order valence-corrected chi connectivity index (χ2v) is 7.61. The number of H-pyrrole nitrogens is 1. The van der Waals surface area contributed by atoms with Gasteiger partial charge in [0.2, 0.25) is 12.3 Å². The van der Waals surface area contributed by atoms with Gasteiger partial charge in [-0.1, -0.05) is 19.8 Å². The number of hydrogen-bond donors (Lipinski definition) is 2. The number of alkyl halides is 3. The number of imidazole rings is 1. The molecule has 31 heavy (non-hydrogen) atoms. The van der Waals surface area contributed by atoms with E-state index in [4.69, 9.17) is 0 Å². The Hall–Kier alpha value is -2.82. The van der Waals surface area contributed by atoms with Crippen molar-refractivity contribution in [2.75, 3.05) is 13.1 Å². The van der Waals surface area contributed by atoms with Gasteiger partial charge in [0.25, 0.3) is 0 Å². The van der Waals surface area contributed by atoms with Crippen LogP contribution in [0.1, 0.15) is 50.9 Å². The van der Waals surface area contributed by atoms with Crippen molar-refractivity contribution in [1.82, 2.24) is 19.9 Å². The minimum Gasteiger partial charge on any atom is -0.406 e. The molecule has 170 valence electrons. The van der Waals surface area contributed by atoms with Gasteiger partial charge in [0.1, 0.15) is 11.6 Å². The maximum atomic E-state index is 13.2. The molecule has 0 aliphatic carbocycles. The normalized spacial score (nSPS) is 17.7.